The zero-order valence-electron chi connectivity index (χ0n) is 26.2. The molecule has 4 unspecified atom stereocenters. The molecule has 3 aromatic rings. The number of nitrogens with one attached hydrogen (secondary N) is 1. The number of nitrogens with zero attached hydrogens (tertiary/aromatic N) is 2. The van der Waals surface area contributed by atoms with Gasteiger partial charge >= 0.3 is 11.0 Å². The minimum atomic E-state index is -4.62. The molecule has 258 valence electrons. The molecule has 1 aromatic heterocycles. The second kappa shape index (κ2) is 12.2. The van der Waals surface area contributed by atoms with Crippen molar-refractivity contribution >= 4 is 46.5 Å². The number of thioether (sulfide) groups is 1. The van der Waals surface area contributed by atoms with Gasteiger partial charge in [-0.3, -0.25) is 24.1 Å². The molecule has 2 saturated heterocycles. The van der Waals surface area contributed by atoms with E-state index < -0.39 is 35.4 Å². The maximum Gasteiger partial charge on any atom is 0.416 e. The SMILES string of the molecule is CCOc1cc([C@H]2c3sc(=O)[nH]c3SC3C2[C@H]2C[C@@H]3C3C(=O)N(c4cccc(C(F)(F)F)c4)C(=O)C32)ccc1OCC(=O)N1CCOCC1. The average molecular weight is 716 g/mol. The number of rotatable bonds is 7. The molecule has 0 spiro atoms. The lowest BCUT2D eigenvalue weighted by Gasteiger charge is -2.43. The number of alkyl halides is 3. The van der Waals surface area contributed by atoms with Gasteiger partial charge in [-0.25, -0.2) is 0 Å². The van der Waals surface area contributed by atoms with Gasteiger partial charge in [-0.05, 0) is 67.0 Å². The van der Waals surface area contributed by atoms with Crippen molar-refractivity contribution < 1.29 is 41.8 Å². The van der Waals surface area contributed by atoms with E-state index >= 15 is 0 Å². The first-order valence-electron chi connectivity index (χ1n) is 16.2. The molecule has 0 radical (unpaired) electrons. The highest BCUT2D eigenvalue weighted by Gasteiger charge is 2.69. The highest BCUT2D eigenvalue weighted by Crippen LogP contribution is 2.69. The topological polar surface area (TPSA) is 118 Å². The predicted molar refractivity (Wildman–Crippen MR) is 173 cm³/mol. The van der Waals surface area contributed by atoms with Crippen LogP contribution in [-0.4, -0.2) is 72.4 Å². The molecule has 10 nitrogen and oxygen atoms in total. The number of carbonyl (C=O) groups is 3. The molecule has 4 fully saturated rings. The Bertz CT molecular complexity index is 1890. The highest BCUT2D eigenvalue weighted by molar-refractivity contribution is 8.00. The number of hydrogen-bond donors (Lipinski definition) is 1. The summed E-state index contributed by atoms with van der Waals surface area (Å²) in [7, 11) is 0. The van der Waals surface area contributed by atoms with Crippen molar-refractivity contribution in [1.82, 2.24) is 9.88 Å². The van der Waals surface area contributed by atoms with E-state index in [1.165, 1.54) is 23.9 Å². The molecule has 2 aliphatic carbocycles. The van der Waals surface area contributed by atoms with Crippen molar-refractivity contribution in [3.05, 3.63) is 68.1 Å². The van der Waals surface area contributed by atoms with E-state index in [1.54, 1.807) is 11.0 Å². The number of morpholine rings is 1. The molecule has 7 atom stereocenters. The van der Waals surface area contributed by atoms with E-state index in [1.807, 2.05) is 19.1 Å². The lowest BCUT2D eigenvalue weighted by atomic mass is 9.68. The first-order valence-corrected chi connectivity index (χ1v) is 17.9. The van der Waals surface area contributed by atoms with Crippen LogP contribution in [0.5, 0.6) is 11.5 Å². The maximum absolute atomic E-state index is 14.0. The first-order chi connectivity index (χ1) is 23.5. The molecular formula is C34H32F3N3O7S2. The number of aromatic amines is 1. The number of thiazole rings is 1. The third kappa shape index (κ3) is 5.35. The normalized spacial score (nSPS) is 28.8. The summed E-state index contributed by atoms with van der Waals surface area (Å²) in [4.78, 5) is 59.6. The van der Waals surface area contributed by atoms with E-state index in [-0.39, 0.29) is 52.0 Å². The smallest absolute Gasteiger partial charge is 0.416 e. The summed E-state index contributed by atoms with van der Waals surface area (Å²) in [5.41, 5.74) is -0.151. The van der Waals surface area contributed by atoms with Crippen LogP contribution in [0.3, 0.4) is 0 Å². The van der Waals surface area contributed by atoms with Crippen LogP contribution in [0.4, 0.5) is 18.9 Å². The fourth-order valence-corrected chi connectivity index (χ4v) is 11.5. The van der Waals surface area contributed by atoms with Crippen LogP contribution < -0.4 is 19.2 Å². The fraction of sp³-hybridized carbons (Fsp3) is 0.471. The molecule has 2 bridgehead atoms. The van der Waals surface area contributed by atoms with E-state index in [0.717, 1.165) is 43.8 Å². The number of imide groups is 1. The molecular weight excluding hydrogens is 684 g/mol. The Hall–Kier alpha value is -3.82. The molecule has 3 amide bonds. The molecule has 4 heterocycles. The number of H-pyrrole nitrogens is 1. The van der Waals surface area contributed by atoms with Gasteiger partial charge in [-0.2, -0.15) is 13.2 Å². The Morgan fingerprint density at radius 2 is 1.76 bits per heavy atom. The molecule has 2 saturated carbocycles. The van der Waals surface area contributed by atoms with Gasteiger partial charge in [-0.1, -0.05) is 23.5 Å². The van der Waals surface area contributed by atoms with Crippen LogP contribution in [0.25, 0.3) is 0 Å². The summed E-state index contributed by atoms with van der Waals surface area (Å²) < 4.78 is 57.9. The average Bonchev–Trinajstić information content (AvgIpc) is 3.83. The van der Waals surface area contributed by atoms with Crippen LogP contribution in [0.1, 0.15) is 35.3 Å². The van der Waals surface area contributed by atoms with Crippen molar-refractivity contribution in [2.24, 2.45) is 29.6 Å². The monoisotopic (exact) mass is 715 g/mol. The van der Waals surface area contributed by atoms with Gasteiger partial charge in [0.05, 0.1) is 47.9 Å². The molecule has 3 aliphatic heterocycles. The summed E-state index contributed by atoms with van der Waals surface area (Å²) in [6.45, 7) is 3.97. The Morgan fingerprint density at radius 1 is 1.00 bits per heavy atom. The Kier molecular flexibility index (Phi) is 8.06. The second-order valence-corrected chi connectivity index (χ2v) is 15.1. The molecule has 49 heavy (non-hydrogen) atoms. The van der Waals surface area contributed by atoms with Gasteiger partial charge in [0.25, 0.3) is 5.91 Å². The molecule has 5 aliphatic rings. The maximum atomic E-state index is 14.0. The Morgan fingerprint density at radius 3 is 2.49 bits per heavy atom. The molecule has 15 heteroatoms. The first kappa shape index (κ1) is 32.4. The van der Waals surface area contributed by atoms with Gasteiger partial charge in [0, 0.05) is 29.1 Å². The zero-order chi connectivity index (χ0) is 34.2. The largest absolute Gasteiger partial charge is 0.490 e. The van der Waals surface area contributed by atoms with Crippen molar-refractivity contribution in [3.8, 4) is 11.5 Å². The Labute approximate surface area is 286 Å². The minimum Gasteiger partial charge on any atom is -0.490 e. The third-order valence-corrected chi connectivity index (χ3v) is 13.1. The molecule has 8 rings (SSSR count). The number of amides is 3. The number of hydrogen-bond acceptors (Lipinski definition) is 9. The number of anilines is 1. The number of carbonyl (C=O) groups excluding carboxylic acids is 3. The fourth-order valence-electron chi connectivity index (χ4n) is 8.62. The van der Waals surface area contributed by atoms with Gasteiger partial charge in [0.1, 0.15) is 0 Å². The van der Waals surface area contributed by atoms with Gasteiger partial charge in [0.15, 0.2) is 18.1 Å². The highest BCUT2D eigenvalue weighted by atomic mass is 32.2. The van der Waals surface area contributed by atoms with E-state index in [4.69, 9.17) is 14.2 Å². The number of ether oxygens (including phenoxy) is 3. The van der Waals surface area contributed by atoms with Crippen LogP contribution >= 0.6 is 23.1 Å². The number of fused-ring (bicyclic) bond motifs is 9. The Balaban J connectivity index is 1.12. The second-order valence-electron chi connectivity index (χ2n) is 12.9. The lowest BCUT2D eigenvalue weighted by molar-refractivity contribution is -0.138. The van der Waals surface area contributed by atoms with E-state index in [2.05, 4.69) is 4.98 Å². The van der Waals surface area contributed by atoms with Crippen LogP contribution in [0, 0.1) is 29.6 Å². The van der Waals surface area contributed by atoms with Crippen LogP contribution in [-0.2, 0) is 25.3 Å². The van der Waals surface area contributed by atoms with Crippen LogP contribution in [0.15, 0.2) is 52.3 Å². The summed E-state index contributed by atoms with van der Waals surface area (Å²) in [5.74, 6) is -2.43. The quantitative estimate of drug-likeness (QED) is 0.348. The summed E-state index contributed by atoms with van der Waals surface area (Å²) in [5, 5.41) is 0.621. The molecule has 2 aromatic carbocycles. The number of halogens is 3. The lowest BCUT2D eigenvalue weighted by Crippen LogP contribution is -2.43. The van der Waals surface area contributed by atoms with Gasteiger partial charge in [-0.15, -0.1) is 11.8 Å². The number of benzene rings is 2. The summed E-state index contributed by atoms with van der Waals surface area (Å²) >= 11 is 2.64. The summed E-state index contributed by atoms with van der Waals surface area (Å²) in [6, 6.07) is 9.88. The third-order valence-electron chi connectivity index (χ3n) is 10.5. The summed E-state index contributed by atoms with van der Waals surface area (Å²) in [6.07, 6.45) is -3.99. The predicted octanol–water partition coefficient (Wildman–Crippen LogP) is 4.77. The van der Waals surface area contributed by atoms with Crippen molar-refractivity contribution in [1.29, 1.82) is 0 Å². The van der Waals surface area contributed by atoms with Crippen molar-refractivity contribution in [3.63, 3.8) is 0 Å². The number of aromatic nitrogens is 1. The zero-order valence-corrected chi connectivity index (χ0v) is 27.9. The van der Waals surface area contributed by atoms with E-state index in [9.17, 15) is 32.3 Å². The standard InChI is InChI=1S/C34H32F3N3O7S2/c1-2-46-22-12-16(6-7-21(22)47-15-23(41)39-8-10-45-11-9-39)24-25-19-14-20(28(25)48-30-29(24)49-33(44)38-30)27-26(19)31(42)40(32(27)43)18-5-3-4-17(13-18)34(35,36)37/h3-7,12-13,19-20,24-28H,2,8-11,14-15H2,1H3,(H,38,44)/t19-,20-,24-,25?,26?,27?,28?/m1/s1. The van der Waals surface area contributed by atoms with E-state index in [0.29, 0.717) is 50.8 Å². The van der Waals surface area contributed by atoms with Gasteiger partial charge in [0.2, 0.25) is 11.8 Å². The van der Waals surface area contributed by atoms with Crippen molar-refractivity contribution in [2.45, 2.75) is 35.7 Å². The van der Waals surface area contributed by atoms with Crippen LogP contribution in [0.2, 0.25) is 0 Å². The minimum absolute atomic E-state index is 0.0710. The molecule has 1 N–H and O–H groups in total. The van der Waals surface area contributed by atoms with Gasteiger partial charge < -0.3 is 24.1 Å². The van der Waals surface area contributed by atoms with Crippen molar-refractivity contribution in [2.75, 3.05) is 44.4 Å².